The maximum Gasteiger partial charge on any atom is 0.314 e. The van der Waals surface area contributed by atoms with E-state index in [1.165, 1.54) is 22.9 Å². The zero-order chi connectivity index (χ0) is 17.1. The van der Waals surface area contributed by atoms with Crippen LogP contribution in [0.2, 0.25) is 0 Å². The molecule has 7 heteroatoms. The summed E-state index contributed by atoms with van der Waals surface area (Å²) >= 11 is 0. The van der Waals surface area contributed by atoms with Gasteiger partial charge in [-0.05, 0) is 36.2 Å². The number of carbonyl (C=O) groups excluding carboxylic acids is 2. The average molecular weight is 327 g/mol. The summed E-state index contributed by atoms with van der Waals surface area (Å²) in [4.78, 5) is 35.5. The van der Waals surface area contributed by atoms with Crippen molar-refractivity contribution in [2.24, 2.45) is 0 Å². The van der Waals surface area contributed by atoms with Crippen molar-refractivity contribution >= 4 is 23.2 Å². The van der Waals surface area contributed by atoms with E-state index in [1.807, 2.05) is 13.0 Å². The van der Waals surface area contributed by atoms with Crippen LogP contribution >= 0.6 is 0 Å². The van der Waals surface area contributed by atoms with Crippen molar-refractivity contribution in [1.29, 1.82) is 0 Å². The molecule has 0 bridgehead atoms. The highest BCUT2D eigenvalue weighted by Crippen LogP contribution is 2.23. The molecule has 1 aliphatic rings. The van der Waals surface area contributed by atoms with Gasteiger partial charge in [0, 0.05) is 24.5 Å². The van der Waals surface area contributed by atoms with Crippen LogP contribution in [-0.2, 0) is 34.1 Å². The van der Waals surface area contributed by atoms with E-state index in [0.29, 0.717) is 31.1 Å². The Morgan fingerprint density at radius 3 is 2.46 bits per heavy atom. The third-order valence-corrected chi connectivity index (χ3v) is 3.77. The number of pyridine rings is 1. The number of rotatable bonds is 3. The van der Waals surface area contributed by atoms with Crippen LogP contribution < -0.4 is 16.2 Å². The third-order valence-electron chi connectivity index (χ3n) is 3.77. The Morgan fingerprint density at radius 1 is 1.04 bits per heavy atom. The monoisotopic (exact) mass is 327 g/mol. The molecule has 0 aliphatic carbocycles. The van der Waals surface area contributed by atoms with Crippen LogP contribution in [0.5, 0.6) is 0 Å². The van der Waals surface area contributed by atoms with Crippen molar-refractivity contribution in [3.63, 3.8) is 0 Å². The molecule has 0 atom stereocenters. The second-order valence-electron chi connectivity index (χ2n) is 5.43. The number of anilines is 2. The van der Waals surface area contributed by atoms with Gasteiger partial charge in [0.1, 0.15) is 0 Å². The molecule has 24 heavy (non-hydrogen) atoms. The van der Waals surface area contributed by atoms with Crippen molar-refractivity contribution in [3.8, 4) is 0 Å². The molecule has 0 unspecified atom stereocenters. The molecule has 2 amide bonds. The number of benzene rings is 1. The Bertz CT molecular complexity index is 857. The zero-order valence-electron chi connectivity index (χ0n) is 13.2. The fourth-order valence-corrected chi connectivity index (χ4v) is 2.48. The third kappa shape index (κ3) is 3.36. The van der Waals surface area contributed by atoms with E-state index in [9.17, 15) is 14.4 Å². The van der Waals surface area contributed by atoms with E-state index >= 15 is 0 Å². The van der Waals surface area contributed by atoms with Gasteiger partial charge >= 0.3 is 11.8 Å². The van der Waals surface area contributed by atoms with Gasteiger partial charge in [0.15, 0.2) is 0 Å². The highest BCUT2D eigenvalue weighted by molar-refractivity contribution is 6.43. The van der Waals surface area contributed by atoms with Crippen LogP contribution in [-0.4, -0.2) is 16.4 Å². The Labute approximate surface area is 138 Å². The molecule has 1 aromatic heterocycles. The minimum Gasteiger partial charge on any atom is -0.372 e. The molecule has 2 N–H and O–H groups in total. The fraction of sp³-hybridized carbons (Fsp3) is 0.235. The number of fused-ring (bicyclic) bond motifs is 1. The van der Waals surface area contributed by atoms with Gasteiger partial charge in [0.2, 0.25) is 0 Å². The first-order valence-electron chi connectivity index (χ1n) is 7.59. The summed E-state index contributed by atoms with van der Waals surface area (Å²) in [5.41, 5.74) is 2.85. The van der Waals surface area contributed by atoms with Gasteiger partial charge in [0.05, 0.1) is 18.9 Å². The van der Waals surface area contributed by atoms with E-state index in [2.05, 4.69) is 10.6 Å². The van der Waals surface area contributed by atoms with E-state index in [4.69, 9.17) is 4.74 Å². The van der Waals surface area contributed by atoms with Crippen LogP contribution in [0.1, 0.15) is 18.1 Å². The van der Waals surface area contributed by atoms with Crippen molar-refractivity contribution in [3.05, 3.63) is 58.0 Å². The van der Waals surface area contributed by atoms with Crippen LogP contribution in [0, 0.1) is 0 Å². The lowest BCUT2D eigenvalue weighted by Gasteiger charge is -2.09. The van der Waals surface area contributed by atoms with E-state index in [1.54, 1.807) is 12.1 Å². The lowest BCUT2D eigenvalue weighted by Crippen LogP contribution is -2.29. The molecule has 2 aromatic rings. The number of hydrogen-bond acceptors (Lipinski definition) is 4. The first-order valence-corrected chi connectivity index (χ1v) is 7.59. The number of aryl methyl sites for hydroxylation is 1. The van der Waals surface area contributed by atoms with Crippen LogP contribution in [0.3, 0.4) is 0 Å². The first kappa shape index (κ1) is 15.9. The SMILES string of the molecule is CCn1cc(NC(=O)C(=O)Nc2ccc3c(c2)COC3)ccc1=O. The molecular weight excluding hydrogens is 310 g/mol. The van der Waals surface area contributed by atoms with Crippen LogP contribution in [0.25, 0.3) is 0 Å². The number of aromatic nitrogens is 1. The molecule has 1 aromatic carbocycles. The predicted octanol–water partition coefficient (Wildman–Crippen LogP) is 1.48. The van der Waals surface area contributed by atoms with Crippen LogP contribution in [0.15, 0.2) is 41.3 Å². The molecule has 2 heterocycles. The van der Waals surface area contributed by atoms with Crippen molar-refractivity contribution in [1.82, 2.24) is 4.57 Å². The number of carbonyl (C=O) groups is 2. The summed E-state index contributed by atoms with van der Waals surface area (Å²) in [6.07, 6.45) is 1.50. The molecule has 0 fully saturated rings. The lowest BCUT2D eigenvalue weighted by atomic mass is 10.1. The number of nitrogens with one attached hydrogen (secondary N) is 2. The summed E-state index contributed by atoms with van der Waals surface area (Å²) in [6, 6.07) is 8.21. The largest absolute Gasteiger partial charge is 0.372 e. The molecule has 0 saturated heterocycles. The number of ether oxygens (including phenoxy) is 1. The highest BCUT2D eigenvalue weighted by Gasteiger charge is 2.16. The Morgan fingerprint density at radius 2 is 1.71 bits per heavy atom. The molecule has 0 spiro atoms. The molecule has 1 aliphatic heterocycles. The maximum absolute atomic E-state index is 12.0. The van der Waals surface area contributed by atoms with Gasteiger partial charge in [-0.1, -0.05) is 6.07 Å². The number of hydrogen-bond donors (Lipinski definition) is 2. The summed E-state index contributed by atoms with van der Waals surface area (Å²) in [5, 5.41) is 5.04. The second-order valence-corrected chi connectivity index (χ2v) is 5.43. The Hall–Kier alpha value is -2.93. The highest BCUT2D eigenvalue weighted by atomic mass is 16.5. The van der Waals surface area contributed by atoms with E-state index < -0.39 is 11.8 Å². The number of amides is 2. The topological polar surface area (TPSA) is 89.4 Å². The van der Waals surface area contributed by atoms with Crippen molar-refractivity contribution in [2.75, 3.05) is 10.6 Å². The smallest absolute Gasteiger partial charge is 0.314 e. The number of nitrogens with zero attached hydrogens (tertiary/aromatic N) is 1. The Balaban J connectivity index is 1.67. The van der Waals surface area contributed by atoms with Gasteiger partial charge in [-0.15, -0.1) is 0 Å². The quantitative estimate of drug-likeness (QED) is 0.836. The Kier molecular flexibility index (Phi) is 4.43. The summed E-state index contributed by atoms with van der Waals surface area (Å²) in [6.45, 7) is 3.37. The summed E-state index contributed by atoms with van der Waals surface area (Å²) in [7, 11) is 0. The first-order chi connectivity index (χ1) is 11.6. The molecular formula is C17H17N3O4. The molecule has 3 rings (SSSR count). The van der Waals surface area contributed by atoms with Gasteiger partial charge < -0.3 is 19.9 Å². The van der Waals surface area contributed by atoms with Gasteiger partial charge in [-0.3, -0.25) is 14.4 Å². The minimum absolute atomic E-state index is 0.166. The maximum atomic E-state index is 12.0. The predicted molar refractivity (Wildman–Crippen MR) is 88.6 cm³/mol. The summed E-state index contributed by atoms with van der Waals surface area (Å²) < 4.78 is 6.75. The lowest BCUT2D eigenvalue weighted by molar-refractivity contribution is -0.133. The molecule has 124 valence electrons. The van der Waals surface area contributed by atoms with Crippen molar-refractivity contribution < 1.29 is 14.3 Å². The van der Waals surface area contributed by atoms with Gasteiger partial charge in [0.25, 0.3) is 5.56 Å². The summed E-state index contributed by atoms with van der Waals surface area (Å²) in [5.74, 6) is -1.57. The standard InChI is InChI=1S/C17H17N3O4/c1-2-20-8-14(5-6-15(20)21)19-17(23)16(22)18-13-4-3-11-9-24-10-12(11)7-13/h3-8H,2,9-10H2,1H3,(H,18,22)(H,19,23). The zero-order valence-corrected chi connectivity index (χ0v) is 13.2. The molecule has 7 nitrogen and oxygen atoms in total. The van der Waals surface area contributed by atoms with Gasteiger partial charge in [-0.25, -0.2) is 0 Å². The molecule has 0 saturated carbocycles. The van der Waals surface area contributed by atoms with E-state index in [0.717, 1.165) is 11.1 Å². The van der Waals surface area contributed by atoms with E-state index in [-0.39, 0.29) is 5.56 Å². The average Bonchev–Trinajstić information content (AvgIpc) is 3.04. The van der Waals surface area contributed by atoms with Crippen LogP contribution in [0.4, 0.5) is 11.4 Å². The fourth-order valence-electron chi connectivity index (χ4n) is 2.48. The molecule has 0 radical (unpaired) electrons. The van der Waals surface area contributed by atoms with Gasteiger partial charge in [-0.2, -0.15) is 0 Å². The minimum atomic E-state index is -0.798. The normalized spacial score (nSPS) is 12.5. The second kappa shape index (κ2) is 6.67. The van der Waals surface area contributed by atoms with Crippen molar-refractivity contribution in [2.45, 2.75) is 26.7 Å².